The summed E-state index contributed by atoms with van der Waals surface area (Å²) in [5, 5.41) is 2.59. The second kappa shape index (κ2) is 11.2. The predicted molar refractivity (Wildman–Crippen MR) is 125 cm³/mol. The van der Waals surface area contributed by atoms with Crippen molar-refractivity contribution in [2.24, 2.45) is 0 Å². The molecule has 1 aliphatic carbocycles. The number of ether oxygens (including phenoxy) is 3. The minimum absolute atomic E-state index is 0.0698. The highest BCUT2D eigenvalue weighted by Crippen LogP contribution is 2.35. The number of esters is 2. The number of amides is 1. The molecule has 176 valence electrons. The SMILES string of the molecule is COc1ccnc(C(=O)N[C@@H](C)C(=O)OC2Cc3ccccc3C2C)c1OC(=O)CCSC. The van der Waals surface area contributed by atoms with Crippen molar-refractivity contribution in [1.82, 2.24) is 10.3 Å². The van der Waals surface area contributed by atoms with Gasteiger partial charge in [0.2, 0.25) is 5.75 Å². The van der Waals surface area contributed by atoms with Gasteiger partial charge < -0.3 is 19.5 Å². The molecule has 2 aromatic rings. The van der Waals surface area contributed by atoms with Crippen molar-refractivity contribution in [3.8, 4) is 11.5 Å². The minimum Gasteiger partial charge on any atom is -0.493 e. The largest absolute Gasteiger partial charge is 0.493 e. The standard InChI is InChI=1S/C24H28N2O6S/c1-14-17-8-6-5-7-16(17)13-19(14)31-24(29)15(2)26-23(28)21-22(18(30-3)9-11-25-21)32-20(27)10-12-33-4/h5-9,11,14-15,19H,10,12-13H2,1-4H3,(H,26,28)/t14?,15-,19?/m0/s1. The molecule has 1 aliphatic rings. The molecule has 0 saturated heterocycles. The van der Waals surface area contributed by atoms with Crippen LogP contribution in [0.5, 0.6) is 11.5 Å². The Morgan fingerprint density at radius 3 is 2.70 bits per heavy atom. The summed E-state index contributed by atoms with van der Waals surface area (Å²) in [4.78, 5) is 41.8. The topological polar surface area (TPSA) is 104 Å². The van der Waals surface area contributed by atoms with E-state index in [1.165, 1.54) is 43.6 Å². The number of methoxy groups -OCH3 is 1. The van der Waals surface area contributed by atoms with Gasteiger partial charge in [0.15, 0.2) is 11.4 Å². The number of benzene rings is 1. The van der Waals surface area contributed by atoms with Crippen molar-refractivity contribution in [2.45, 2.75) is 44.8 Å². The van der Waals surface area contributed by atoms with Crippen molar-refractivity contribution in [2.75, 3.05) is 19.1 Å². The summed E-state index contributed by atoms with van der Waals surface area (Å²) in [5.74, 6) is -0.963. The van der Waals surface area contributed by atoms with Crippen molar-refractivity contribution in [1.29, 1.82) is 0 Å². The third-order valence-electron chi connectivity index (χ3n) is 5.52. The van der Waals surface area contributed by atoms with E-state index in [2.05, 4.69) is 10.3 Å². The molecule has 1 aromatic carbocycles. The van der Waals surface area contributed by atoms with E-state index in [-0.39, 0.29) is 35.6 Å². The van der Waals surface area contributed by atoms with Gasteiger partial charge in [-0.1, -0.05) is 31.2 Å². The molecule has 0 spiro atoms. The molecule has 33 heavy (non-hydrogen) atoms. The number of nitrogens with one attached hydrogen (secondary N) is 1. The van der Waals surface area contributed by atoms with Gasteiger partial charge in [-0.3, -0.25) is 9.59 Å². The number of pyridine rings is 1. The lowest BCUT2D eigenvalue weighted by molar-refractivity contribution is -0.151. The fraction of sp³-hybridized carbons (Fsp3) is 0.417. The zero-order valence-electron chi connectivity index (χ0n) is 19.1. The molecule has 0 radical (unpaired) electrons. The number of thioether (sulfide) groups is 1. The molecule has 2 unspecified atom stereocenters. The van der Waals surface area contributed by atoms with E-state index >= 15 is 0 Å². The van der Waals surface area contributed by atoms with Crippen LogP contribution in [0, 0.1) is 0 Å². The predicted octanol–water partition coefficient (Wildman–Crippen LogP) is 3.14. The summed E-state index contributed by atoms with van der Waals surface area (Å²) < 4.78 is 16.3. The number of aromatic nitrogens is 1. The van der Waals surface area contributed by atoms with Crippen LogP contribution in [-0.2, 0) is 20.7 Å². The van der Waals surface area contributed by atoms with Crippen LogP contribution in [0.1, 0.15) is 47.8 Å². The highest BCUT2D eigenvalue weighted by Gasteiger charge is 2.33. The van der Waals surface area contributed by atoms with E-state index in [1.807, 2.05) is 37.4 Å². The quantitative estimate of drug-likeness (QED) is 0.555. The van der Waals surface area contributed by atoms with Gasteiger partial charge >= 0.3 is 11.9 Å². The molecule has 0 fully saturated rings. The molecule has 9 heteroatoms. The van der Waals surface area contributed by atoms with Gasteiger partial charge in [0.25, 0.3) is 5.91 Å². The second-order valence-corrected chi connectivity index (χ2v) is 8.76. The average Bonchev–Trinajstić information content (AvgIpc) is 3.12. The van der Waals surface area contributed by atoms with Crippen LogP contribution in [0.2, 0.25) is 0 Å². The first-order valence-electron chi connectivity index (χ1n) is 10.7. The first-order chi connectivity index (χ1) is 15.8. The molecular formula is C24H28N2O6S. The number of carbonyl (C=O) groups excluding carboxylic acids is 3. The Balaban J connectivity index is 1.67. The Morgan fingerprint density at radius 2 is 2.00 bits per heavy atom. The van der Waals surface area contributed by atoms with Crippen LogP contribution < -0.4 is 14.8 Å². The Bertz CT molecular complexity index is 1030. The number of nitrogens with zero attached hydrogens (tertiary/aromatic N) is 1. The van der Waals surface area contributed by atoms with E-state index in [4.69, 9.17) is 14.2 Å². The van der Waals surface area contributed by atoms with Crippen LogP contribution in [0.15, 0.2) is 36.5 Å². The normalized spacial score (nSPS) is 17.6. The summed E-state index contributed by atoms with van der Waals surface area (Å²) in [6.45, 7) is 3.56. The Morgan fingerprint density at radius 1 is 1.24 bits per heavy atom. The first-order valence-corrected chi connectivity index (χ1v) is 12.1. The maximum Gasteiger partial charge on any atom is 0.328 e. The minimum atomic E-state index is -0.929. The fourth-order valence-electron chi connectivity index (χ4n) is 3.68. The Hall–Kier alpha value is -3.07. The fourth-order valence-corrected chi connectivity index (χ4v) is 4.05. The number of hydrogen-bond donors (Lipinski definition) is 1. The van der Waals surface area contributed by atoms with Crippen LogP contribution in [0.4, 0.5) is 0 Å². The Kier molecular flexibility index (Phi) is 8.32. The van der Waals surface area contributed by atoms with Crippen LogP contribution in [0.25, 0.3) is 0 Å². The van der Waals surface area contributed by atoms with Gasteiger partial charge in [0, 0.05) is 30.4 Å². The highest BCUT2D eigenvalue weighted by molar-refractivity contribution is 7.98. The summed E-state index contributed by atoms with van der Waals surface area (Å²) in [5.41, 5.74) is 2.18. The average molecular weight is 473 g/mol. The molecule has 1 N–H and O–H groups in total. The molecule has 8 nitrogen and oxygen atoms in total. The van der Waals surface area contributed by atoms with E-state index in [0.717, 1.165) is 5.56 Å². The zero-order chi connectivity index (χ0) is 24.0. The monoisotopic (exact) mass is 472 g/mol. The smallest absolute Gasteiger partial charge is 0.328 e. The van der Waals surface area contributed by atoms with Crippen LogP contribution in [0.3, 0.4) is 0 Å². The van der Waals surface area contributed by atoms with E-state index in [9.17, 15) is 14.4 Å². The van der Waals surface area contributed by atoms with Gasteiger partial charge in [0.1, 0.15) is 12.1 Å². The lowest BCUT2D eigenvalue weighted by Gasteiger charge is -2.20. The molecule has 1 amide bonds. The van der Waals surface area contributed by atoms with Crippen molar-refractivity contribution < 1.29 is 28.6 Å². The zero-order valence-corrected chi connectivity index (χ0v) is 19.9. The van der Waals surface area contributed by atoms with Crippen molar-refractivity contribution >= 4 is 29.6 Å². The molecule has 3 atom stereocenters. The molecule has 0 bridgehead atoms. The molecular weight excluding hydrogens is 444 g/mol. The van der Waals surface area contributed by atoms with Gasteiger partial charge in [-0.2, -0.15) is 11.8 Å². The van der Waals surface area contributed by atoms with Crippen LogP contribution in [-0.4, -0.2) is 54.1 Å². The van der Waals surface area contributed by atoms with Gasteiger partial charge in [-0.05, 0) is 24.3 Å². The third-order valence-corrected chi connectivity index (χ3v) is 6.14. The van der Waals surface area contributed by atoms with E-state index < -0.39 is 23.9 Å². The molecule has 1 aromatic heterocycles. The molecule has 3 rings (SSSR count). The third kappa shape index (κ3) is 5.84. The van der Waals surface area contributed by atoms with Gasteiger partial charge in [-0.25, -0.2) is 9.78 Å². The van der Waals surface area contributed by atoms with Crippen molar-refractivity contribution in [3.05, 3.63) is 53.3 Å². The molecule has 0 aliphatic heterocycles. The summed E-state index contributed by atoms with van der Waals surface area (Å²) >= 11 is 1.50. The number of hydrogen-bond acceptors (Lipinski definition) is 8. The first kappa shape index (κ1) is 24.6. The summed E-state index contributed by atoms with van der Waals surface area (Å²) in [6.07, 6.45) is 3.76. The maximum absolute atomic E-state index is 12.9. The number of rotatable bonds is 9. The lowest BCUT2D eigenvalue weighted by atomic mass is 10.0. The molecule has 1 heterocycles. The highest BCUT2D eigenvalue weighted by atomic mass is 32.2. The number of carbonyl (C=O) groups is 3. The Labute approximate surface area is 197 Å². The lowest BCUT2D eigenvalue weighted by Crippen LogP contribution is -2.41. The van der Waals surface area contributed by atoms with Crippen molar-refractivity contribution in [3.63, 3.8) is 0 Å². The van der Waals surface area contributed by atoms with E-state index in [1.54, 1.807) is 0 Å². The van der Waals surface area contributed by atoms with Gasteiger partial charge in [0.05, 0.1) is 13.5 Å². The van der Waals surface area contributed by atoms with Crippen LogP contribution >= 0.6 is 11.8 Å². The van der Waals surface area contributed by atoms with E-state index in [0.29, 0.717) is 12.2 Å². The number of fused-ring (bicyclic) bond motifs is 1. The second-order valence-electron chi connectivity index (χ2n) is 7.77. The molecule has 0 saturated carbocycles. The van der Waals surface area contributed by atoms with Gasteiger partial charge in [-0.15, -0.1) is 0 Å². The summed E-state index contributed by atoms with van der Waals surface area (Å²) in [7, 11) is 1.40. The maximum atomic E-state index is 12.9. The summed E-state index contributed by atoms with van der Waals surface area (Å²) in [6, 6.07) is 8.56.